The molecule has 8 nitrogen and oxygen atoms in total. The van der Waals surface area contributed by atoms with E-state index >= 15 is 0 Å². The molecule has 6 rings (SSSR count). The first-order valence-corrected chi connectivity index (χ1v) is 11.0. The third-order valence-electron chi connectivity index (χ3n) is 8.44. The van der Waals surface area contributed by atoms with E-state index < -0.39 is 34.4 Å². The number of rotatable bonds is 5. The van der Waals surface area contributed by atoms with E-state index in [9.17, 15) is 24.6 Å². The molecule has 4 fully saturated rings. The fourth-order valence-electron chi connectivity index (χ4n) is 7.09. The number of amides is 1. The molecule has 2 saturated carbocycles. The molecule has 1 aromatic rings. The molecule has 32 heavy (non-hydrogen) atoms. The van der Waals surface area contributed by atoms with Crippen LogP contribution in [0.2, 0.25) is 0 Å². The highest BCUT2D eigenvalue weighted by Gasteiger charge is 2.71. The second-order valence-corrected chi connectivity index (χ2v) is 10.3. The lowest BCUT2D eigenvalue weighted by Gasteiger charge is -2.55. The first-order valence-electron chi connectivity index (χ1n) is 11.0. The van der Waals surface area contributed by atoms with E-state index in [4.69, 9.17) is 9.84 Å². The van der Waals surface area contributed by atoms with Crippen molar-refractivity contribution in [1.29, 1.82) is 0 Å². The molecule has 0 unspecified atom stereocenters. The molecule has 0 radical (unpaired) electrons. The zero-order valence-electron chi connectivity index (χ0n) is 18.1. The minimum Gasteiger partial charge on any atom is -0.506 e. The Morgan fingerprint density at radius 2 is 2.00 bits per heavy atom. The Balaban J connectivity index is 1.36. The average molecular weight is 441 g/mol. The van der Waals surface area contributed by atoms with Crippen LogP contribution in [0.3, 0.4) is 0 Å². The predicted octanol–water partition coefficient (Wildman–Crippen LogP) is 3.23. The fraction of sp³-hybridized carbons (Fsp3) is 0.542. The maximum absolute atomic E-state index is 13.1. The second-order valence-electron chi connectivity index (χ2n) is 10.3. The Hall–Kier alpha value is -2.87. The number of phenolic OH excluding ortho intramolecular Hbond substituents is 1. The summed E-state index contributed by atoms with van der Waals surface area (Å²) in [6.07, 6.45) is 6.86. The smallest absolute Gasteiger partial charge is 0.339 e. The molecule has 2 saturated heterocycles. The van der Waals surface area contributed by atoms with Crippen LogP contribution in [0.1, 0.15) is 56.3 Å². The molecular formula is C24H27NO7. The van der Waals surface area contributed by atoms with E-state index in [1.54, 1.807) is 6.08 Å². The topological polar surface area (TPSA) is 133 Å². The van der Waals surface area contributed by atoms with Crippen LogP contribution < -0.4 is 5.32 Å². The monoisotopic (exact) mass is 441 g/mol. The fourth-order valence-corrected chi connectivity index (χ4v) is 7.09. The molecular weight excluding hydrogens is 414 g/mol. The molecule has 8 heteroatoms. The first kappa shape index (κ1) is 21.0. The minimum atomic E-state index is -1.38. The number of aromatic hydroxyl groups is 2. The number of phenols is 2. The van der Waals surface area contributed by atoms with Crippen LogP contribution in [0.15, 0.2) is 24.3 Å². The maximum Gasteiger partial charge on any atom is 0.339 e. The molecule has 4 N–H and O–H groups in total. The van der Waals surface area contributed by atoms with Gasteiger partial charge >= 0.3 is 5.97 Å². The number of hydrogen-bond acceptors (Lipinski definition) is 6. The van der Waals surface area contributed by atoms with Gasteiger partial charge in [-0.1, -0.05) is 13.0 Å². The number of hydrogen-bond donors (Lipinski definition) is 4. The molecule has 1 amide bonds. The lowest BCUT2D eigenvalue weighted by molar-refractivity contribution is -0.169. The van der Waals surface area contributed by atoms with E-state index in [2.05, 4.69) is 18.3 Å². The molecule has 2 heterocycles. The molecule has 5 aliphatic rings. The molecule has 4 bridgehead atoms. The van der Waals surface area contributed by atoms with Crippen molar-refractivity contribution in [2.24, 2.45) is 22.7 Å². The third-order valence-corrected chi connectivity index (χ3v) is 8.44. The van der Waals surface area contributed by atoms with Gasteiger partial charge < -0.3 is 25.4 Å². The van der Waals surface area contributed by atoms with Crippen LogP contribution in [-0.2, 0) is 14.3 Å². The van der Waals surface area contributed by atoms with Crippen LogP contribution >= 0.6 is 0 Å². The maximum atomic E-state index is 13.1. The summed E-state index contributed by atoms with van der Waals surface area (Å²) in [4.78, 5) is 37.0. The number of allylic oxidation sites excluding steroid dienone is 2. The Labute approximate surface area is 185 Å². The Morgan fingerprint density at radius 3 is 2.69 bits per heavy atom. The van der Waals surface area contributed by atoms with Gasteiger partial charge in [0.1, 0.15) is 17.0 Å². The van der Waals surface area contributed by atoms with Crippen LogP contribution in [0.4, 0.5) is 5.69 Å². The summed E-state index contributed by atoms with van der Waals surface area (Å²) in [5.41, 5.74) is -1.75. The van der Waals surface area contributed by atoms with Gasteiger partial charge in [0.25, 0.3) is 0 Å². The summed E-state index contributed by atoms with van der Waals surface area (Å²) in [5.74, 6) is -2.55. The number of ketones is 1. The van der Waals surface area contributed by atoms with Crippen molar-refractivity contribution in [2.75, 3.05) is 5.32 Å². The van der Waals surface area contributed by atoms with Crippen LogP contribution in [0.25, 0.3) is 0 Å². The number of carbonyl (C=O) groups excluding carboxylic acids is 2. The molecule has 170 valence electrons. The number of carbonyl (C=O) groups is 3. The minimum absolute atomic E-state index is 0.00395. The summed E-state index contributed by atoms with van der Waals surface area (Å²) in [6.45, 7) is 4.08. The van der Waals surface area contributed by atoms with Gasteiger partial charge in [0, 0.05) is 17.8 Å². The predicted molar refractivity (Wildman–Crippen MR) is 113 cm³/mol. The second kappa shape index (κ2) is 6.57. The molecule has 0 aromatic heterocycles. The number of carboxylic acids is 1. The summed E-state index contributed by atoms with van der Waals surface area (Å²) in [6, 6.07) is 2.16. The Bertz CT molecular complexity index is 1080. The lowest BCUT2D eigenvalue weighted by atomic mass is 9.51. The quantitative estimate of drug-likeness (QED) is 0.516. The van der Waals surface area contributed by atoms with Crippen LogP contribution in [0.5, 0.6) is 11.5 Å². The largest absolute Gasteiger partial charge is 0.506 e. The zero-order chi connectivity index (χ0) is 23.1. The van der Waals surface area contributed by atoms with Crippen LogP contribution in [-0.4, -0.2) is 44.7 Å². The van der Waals surface area contributed by atoms with Crippen molar-refractivity contribution in [2.45, 2.75) is 57.7 Å². The highest BCUT2D eigenvalue weighted by Crippen LogP contribution is 2.71. The summed E-state index contributed by atoms with van der Waals surface area (Å²) >= 11 is 0. The van der Waals surface area contributed by atoms with Gasteiger partial charge in [-0.3, -0.25) is 9.59 Å². The molecule has 1 aromatic carbocycles. The Kier molecular flexibility index (Phi) is 4.31. The van der Waals surface area contributed by atoms with Gasteiger partial charge in [-0.15, -0.1) is 0 Å². The molecule has 3 aliphatic carbocycles. The number of ether oxygens (including phenoxy) is 1. The highest BCUT2D eigenvalue weighted by molar-refractivity contribution is 6.00. The van der Waals surface area contributed by atoms with Crippen molar-refractivity contribution in [3.63, 3.8) is 0 Å². The summed E-state index contributed by atoms with van der Waals surface area (Å²) in [5, 5.41) is 31.7. The van der Waals surface area contributed by atoms with Crippen LogP contribution in [0, 0.1) is 22.7 Å². The molecule has 1 spiro atoms. The van der Waals surface area contributed by atoms with Crippen molar-refractivity contribution in [3.8, 4) is 11.5 Å². The van der Waals surface area contributed by atoms with Crippen molar-refractivity contribution in [1.82, 2.24) is 0 Å². The number of nitrogens with one attached hydrogen (secondary N) is 1. The standard InChI is InChI=1S/C24H27NO7/c1-22(7-6-17(28)25-18-14(26)4-3-13(19(18)29)21(30)31)16(27)5-8-24-10-12-9-15(20(22)24)32-23(12,2)11-24/h3-5,8,12,15,20,26,29H,6-7,9-11H2,1-2H3,(H,25,28)(H,30,31)/t12-,15+,20+,22-,23-,24+/m1/s1. The Morgan fingerprint density at radius 1 is 1.25 bits per heavy atom. The SMILES string of the molecule is C[C@@]12C[C@@]34C=CC(=O)[C@@](C)(CCC(=O)Nc5c(O)ccc(C(=O)O)c5O)[C@@H]3[C@H](C[C@@H]1C4)O2. The number of benzene rings is 1. The van der Waals surface area contributed by atoms with E-state index in [0.29, 0.717) is 5.92 Å². The number of carboxylic acid groups (broad SMARTS) is 1. The van der Waals surface area contributed by atoms with E-state index in [0.717, 1.165) is 31.4 Å². The van der Waals surface area contributed by atoms with E-state index in [1.807, 2.05) is 6.92 Å². The molecule has 2 aliphatic heterocycles. The van der Waals surface area contributed by atoms with Crippen molar-refractivity contribution in [3.05, 3.63) is 29.8 Å². The van der Waals surface area contributed by atoms with Gasteiger partial charge in [0.2, 0.25) is 5.91 Å². The first-order chi connectivity index (χ1) is 15.0. The third kappa shape index (κ3) is 2.75. The van der Waals surface area contributed by atoms with E-state index in [1.165, 1.54) is 0 Å². The van der Waals surface area contributed by atoms with E-state index in [-0.39, 0.29) is 47.4 Å². The zero-order valence-corrected chi connectivity index (χ0v) is 18.1. The van der Waals surface area contributed by atoms with Crippen molar-refractivity contribution >= 4 is 23.3 Å². The summed E-state index contributed by atoms with van der Waals surface area (Å²) < 4.78 is 6.41. The highest BCUT2D eigenvalue weighted by atomic mass is 16.5. The number of aromatic carboxylic acids is 1. The lowest BCUT2D eigenvalue weighted by Crippen LogP contribution is -2.56. The number of anilines is 1. The molecule has 6 atom stereocenters. The summed E-state index contributed by atoms with van der Waals surface area (Å²) in [7, 11) is 0. The normalized spacial score (nSPS) is 38.7. The van der Waals surface area contributed by atoms with Gasteiger partial charge in [-0.2, -0.15) is 0 Å². The van der Waals surface area contributed by atoms with Gasteiger partial charge in [0.15, 0.2) is 11.5 Å². The van der Waals surface area contributed by atoms with Gasteiger partial charge in [0.05, 0.1) is 11.7 Å². The van der Waals surface area contributed by atoms with Gasteiger partial charge in [-0.25, -0.2) is 4.79 Å². The van der Waals surface area contributed by atoms with Gasteiger partial charge in [-0.05, 0) is 62.1 Å². The average Bonchev–Trinajstić information content (AvgIpc) is 3.08. The van der Waals surface area contributed by atoms with Crippen molar-refractivity contribution < 1.29 is 34.4 Å².